The molecule has 0 spiro atoms. The molecule has 0 aliphatic carbocycles. The van der Waals surface area contributed by atoms with Crippen LogP contribution in [-0.2, 0) is 6.54 Å². The Balaban J connectivity index is 1.64. The van der Waals surface area contributed by atoms with E-state index in [2.05, 4.69) is 9.88 Å². The van der Waals surface area contributed by atoms with E-state index in [1.165, 1.54) is 0 Å². The van der Waals surface area contributed by atoms with Gasteiger partial charge in [0.05, 0.1) is 0 Å². The summed E-state index contributed by atoms with van der Waals surface area (Å²) >= 11 is 1.64. The SMILES string of the molecule is FC1(F)CCN(Cc2cnc(-c3ccccc3)s2)CC1. The molecule has 1 saturated heterocycles. The van der Waals surface area contributed by atoms with Gasteiger partial charge in [-0.25, -0.2) is 13.8 Å². The van der Waals surface area contributed by atoms with E-state index in [1.54, 1.807) is 11.3 Å². The molecule has 0 saturated carbocycles. The number of likely N-dealkylation sites (tertiary alicyclic amines) is 1. The number of halogens is 2. The molecule has 106 valence electrons. The van der Waals surface area contributed by atoms with Crippen molar-refractivity contribution >= 4 is 11.3 Å². The van der Waals surface area contributed by atoms with Gasteiger partial charge < -0.3 is 0 Å². The molecule has 0 radical (unpaired) electrons. The fourth-order valence-corrected chi connectivity index (χ4v) is 3.31. The minimum atomic E-state index is -2.47. The molecular weight excluding hydrogens is 278 g/mol. The average molecular weight is 294 g/mol. The van der Waals surface area contributed by atoms with E-state index in [9.17, 15) is 8.78 Å². The van der Waals surface area contributed by atoms with Gasteiger partial charge >= 0.3 is 0 Å². The highest BCUT2D eigenvalue weighted by Gasteiger charge is 2.33. The third-order valence-electron chi connectivity index (χ3n) is 3.54. The molecule has 0 atom stereocenters. The maximum absolute atomic E-state index is 13.1. The maximum atomic E-state index is 13.1. The van der Waals surface area contributed by atoms with Crippen molar-refractivity contribution in [3.8, 4) is 10.6 Å². The van der Waals surface area contributed by atoms with Crippen molar-refractivity contribution < 1.29 is 8.78 Å². The van der Waals surface area contributed by atoms with Gasteiger partial charge in [-0.05, 0) is 0 Å². The van der Waals surface area contributed by atoms with Crippen molar-refractivity contribution in [1.82, 2.24) is 9.88 Å². The van der Waals surface area contributed by atoms with Gasteiger partial charge in [0.15, 0.2) is 0 Å². The molecule has 1 aromatic carbocycles. The molecule has 0 unspecified atom stereocenters. The summed E-state index contributed by atoms with van der Waals surface area (Å²) in [6.07, 6.45) is 1.80. The summed E-state index contributed by atoms with van der Waals surface area (Å²) in [5.74, 6) is -2.47. The highest BCUT2D eigenvalue weighted by Crippen LogP contribution is 2.30. The largest absolute Gasteiger partial charge is 0.298 e. The fraction of sp³-hybridized carbons (Fsp3) is 0.400. The monoisotopic (exact) mass is 294 g/mol. The number of benzene rings is 1. The highest BCUT2D eigenvalue weighted by molar-refractivity contribution is 7.15. The molecule has 2 aromatic rings. The van der Waals surface area contributed by atoms with Crippen LogP contribution in [0.5, 0.6) is 0 Å². The Morgan fingerprint density at radius 3 is 2.55 bits per heavy atom. The van der Waals surface area contributed by atoms with Crippen molar-refractivity contribution in [2.75, 3.05) is 13.1 Å². The highest BCUT2D eigenvalue weighted by atomic mass is 32.1. The van der Waals surface area contributed by atoms with E-state index in [-0.39, 0.29) is 12.8 Å². The van der Waals surface area contributed by atoms with Crippen molar-refractivity contribution in [3.05, 3.63) is 41.4 Å². The first kappa shape index (κ1) is 13.6. The average Bonchev–Trinajstić information content (AvgIpc) is 2.91. The smallest absolute Gasteiger partial charge is 0.250 e. The fourth-order valence-electron chi connectivity index (χ4n) is 2.35. The summed E-state index contributed by atoms with van der Waals surface area (Å²) in [6, 6.07) is 10.0. The third-order valence-corrected chi connectivity index (χ3v) is 4.57. The molecule has 1 aromatic heterocycles. The minimum Gasteiger partial charge on any atom is -0.298 e. The van der Waals surface area contributed by atoms with Gasteiger partial charge in [-0.1, -0.05) is 30.3 Å². The second-order valence-corrected chi connectivity index (χ2v) is 6.25. The van der Waals surface area contributed by atoms with E-state index in [4.69, 9.17) is 0 Å². The maximum Gasteiger partial charge on any atom is 0.250 e. The number of piperidine rings is 1. The summed E-state index contributed by atoms with van der Waals surface area (Å²) < 4.78 is 26.2. The number of aromatic nitrogens is 1. The number of alkyl halides is 2. The normalized spacial score (nSPS) is 19.1. The van der Waals surface area contributed by atoms with Crippen molar-refractivity contribution in [2.45, 2.75) is 25.3 Å². The van der Waals surface area contributed by atoms with Crippen LogP contribution in [0.3, 0.4) is 0 Å². The lowest BCUT2D eigenvalue weighted by molar-refractivity contribution is -0.0564. The predicted molar refractivity (Wildman–Crippen MR) is 77.0 cm³/mol. The van der Waals surface area contributed by atoms with Crippen LogP contribution in [0.15, 0.2) is 36.5 Å². The number of thiazole rings is 1. The molecular formula is C15H16F2N2S. The Bertz CT molecular complexity index is 558. The van der Waals surface area contributed by atoms with E-state index < -0.39 is 5.92 Å². The van der Waals surface area contributed by atoms with Crippen molar-refractivity contribution in [2.24, 2.45) is 0 Å². The molecule has 1 aliphatic rings. The van der Waals surface area contributed by atoms with Gasteiger partial charge in [-0.15, -0.1) is 11.3 Å². The molecule has 0 N–H and O–H groups in total. The van der Waals surface area contributed by atoms with Crippen LogP contribution in [0.25, 0.3) is 10.6 Å². The van der Waals surface area contributed by atoms with Gasteiger partial charge in [0.1, 0.15) is 5.01 Å². The summed E-state index contributed by atoms with van der Waals surface area (Å²) in [4.78, 5) is 7.64. The van der Waals surface area contributed by atoms with Crippen molar-refractivity contribution in [1.29, 1.82) is 0 Å². The first-order chi connectivity index (χ1) is 9.62. The standard InChI is InChI=1S/C15H16F2N2S/c16-15(17)6-8-19(9-7-15)11-13-10-18-14(20-13)12-4-2-1-3-5-12/h1-5,10H,6-9,11H2. The second-order valence-electron chi connectivity index (χ2n) is 5.13. The Kier molecular flexibility index (Phi) is 3.81. The lowest BCUT2D eigenvalue weighted by Gasteiger charge is -2.31. The van der Waals surface area contributed by atoms with E-state index in [0.29, 0.717) is 13.1 Å². The molecule has 3 rings (SSSR count). The molecule has 20 heavy (non-hydrogen) atoms. The summed E-state index contributed by atoms with van der Waals surface area (Å²) in [5, 5.41) is 0.989. The lowest BCUT2D eigenvalue weighted by atomic mass is 10.1. The molecule has 1 aliphatic heterocycles. The summed E-state index contributed by atoms with van der Waals surface area (Å²) in [5.41, 5.74) is 1.11. The van der Waals surface area contributed by atoms with Crippen LogP contribution in [0.4, 0.5) is 8.78 Å². The van der Waals surface area contributed by atoms with Crippen LogP contribution in [-0.4, -0.2) is 28.9 Å². The van der Waals surface area contributed by atoms with Gasteiger partial charge in [0.2, 0.25) is 0 Å². The molecule has 0 bridgehead atoms. The van der Waals surface area contributed by atoms with Crippen LogP contribution in [0, 0.1) is 0 Å². The van der Waals surface area contributed by atoms with Crippen LogP contribution < -0.4 is 0 Å². The summed E-state index contributed by atoms with van der Waals surface area (Å²) in [6.45, 7) is 1.65. The summed E-state index contributed by atoms with van der Waals surface area (Å²) in [7, 11) is 0. The van der Waals surface area contributed by atoms with Crippen LogP contribution >= 0.6 is 11.3 Å². The number of hydrogen-bond donors (Lipinski definition) is 0. The van der Waals surface area contributed by atoms with E-state index >= 15 is 0 Å². The third kappa shape index (κ3) is 3.22. The lowest BCUT2D eigenvalue weighted by Crippen LogP contribution is -2.38. The Morgan fingerprint density at radius 1 is 1.15 bits per heavy atom. The van der Waals surface area contributed by atoms with Gasteiger partial charge in [-0.2, -0.15) is 0 Å². The van der Waals surface area contributed by atoms with Gasteiger partial charge in [0, 0.05) is 49.1 Å². The topological polar surface area (TPSA) is 16.1 Å². The van der Waals surface area contributed by atoms with Crippen LogP contribution in [0.2, 0.25) is 0 Å². The predicted octanol–water partition coefficient (Wildman–Crippen LogP) is 4.04. The first-order valence-corrected chi connectivity index (χ1v) is 7.54. The molecule has 2 nitrogen and oxygen atoms in total. The molecule has 5 heteroatoms. The zero-order valence-corrected chi connectivity index (χ0v) is 11.9. The zero-order chi connectivity index (χ0) is 14.0. The molecule has 1 fully saturated rings. The second kappa shape index (κ2) is 5.58. The van der Waals surface area contributed by atoms with E-state index in [1.807, 2.05) is 36.5 Å². The van der Waals surface area contributed by atoms with E-state index in [0.717, 1.165) is 22.0 Å². The molecule has 0 amide bonds. The van der Waals surface area contributed by atoms with Gasteiger partial charge in [0.25, 0.3) is 5.92 Å². The zero-order valence-electron chi connectivity index (χ0n) is 11.1. The number of rotatable bonds is 3. The first-order valence-electron chi connectivity index (χ1n) is 6.73. The number of nitrogens with zero attached hydrogens (tertiary/aromatic N) is 2. The minimum absolute atomic E-state index is 0.0304. The van der Waals surface area contributed by atoms with Crippen LogP contribution in [0.1, 0.15) is 17.7 Å². The van der Waals surface area contributed by atoms with Gasteiger partial charge in [-0.3, -0.25) is 4.90 Å². The molecule has 2 heterocycles. The Hall–Kier alpha value is -1.33. The Morgan fingerprint density at radius 2 is 1.85 bits per heavy atom. The van der Waals surface area contributed by atoms with Crippen molar-refractivity contribution in [3.63, 3.8) is 0 Å². The quantitative estimate of drug-likeness (QED) is 0.849. The Labute approximate surface area is 121 Å². The number of hydrogen-bond acceptors (Lipinski definition) is 3.